The van der Waals surface area contributed by atoms with Gasteiger partial charge in [-0.15, -0.1) is 0 Å². The zero-order valence-corrected chi connectivity index (χ0v) is 9.94. The third-order valence-electron chi connectivity index (χ3n) is 2.98. The van der Waals surface area contributed by atoms with Crippen molar-refractivity contribution in [2.75, 3.05) is 6.61 Å². The van der Waals surface area contributed by atoms with Crippen LogP contribution < -0.4 is 10.6 Å². The van der Waals surface area contributed by atoms with E-state index in [2.05, 4.69) is 38.3 Å². The van der Waals surface area contributed by atoms with Gasteiger partial charge in [-0.2, -0.15) is 0 Å². The van der Waals surface area contributed by atoms with Crippen molar-refractivity contribution in [3.05, 3.63) is 0 Å². The summed E-state index contributed by atoms with van der Waals surface area (Å²) in [6.07, 6.45) is 1.63. The maximum atomic E-state index is 11.3. The van der Waals surface area contributed by atoms with Crippen molar-refractivity contribution < 1.29 is 9.53 Å². The predicted molar refractivity (Wildman–Crippen MR) is 57.4 cm³/mol. The monoisotopic (exact) mass is 212 g/mol. The van der Waals surface area contributed by atoms with Gasteiger partial charge >= 0.3 is 0 Å². The van der Waals surface area contributed by atoms with Crippen LogP contribution in [0.5, 0.6) is 0 Å². The Morgan fingerprint density at radius 2 is 1.67 bits per heavy atom. The maximum Gasteiger partial charge on any atom is 0.248 e. The summed E-state index contributed by atoms with van der Waals surface area (Å²) in [7, 11) is 0. The van der Waals surface area contributed by atoms with Crippen molar-refractivity contribution in [1.29, 1.82) is 0 Å². The maximum absolute atomic E-state index is 11.3. The molecule has 1 spiro atoms. The van der Waals surface area contributed by atoms with Crippen LogP contribution in [0.25, 0.3) is 0 Å². The molecule has 1 amide bonds. The quantitative estimate of drug-likeness (QED) is 0.623. The molecule has 4 nitrogen and oxygen atoms in total. The van der Waals surface area contributed by atoms with Crippen molar-refractivity contribution in [2.24, 2.45) is 0 Å². The van der Waals surface area contributed by atoms with E-state index in [1.54, 1.807) is 0 Å². The van der Waals surface area contributed by atoms with Crippen molar-refractivity contribution >= 4 is 5.91 Å². The second-order valence-electron chi connectivity index (χ2n) is 6.08. The molecule has 2 fully saturated rings. The lowest BCUT2D eigenvalue weighted by atomic mass is 9.77. The highest BCUT2D eigenvalue weighted by Crippen LogP contribution is 2.38. The summed E-state index contributed by atoms with van der Waals surface area (Å²) in [5.74, 6) is 0.00324. The molecule has 0 aromatic carbocycles. The van der Waals surface area contributed by atoms with Gasteiger partial charge in [0.2, 0.25) is 5.91 Å². The zero-order valence-electron chi connectivity index (χ0n) is 9.94. The average Bonchev–Trinajstić information content (AvgIpc) is 2.23. The topological polar surface area (TPSA) is 50.4 Å². The highest BCUT2D eigenvalue weighted by atomic mass is 16.5. The Hall–Kier alpha value is -0.610. The van der Waals surface area contributed by atoms with Gasteiger partial charge in [0.1, 0.15) is 12.3 Å². The number of carbonyl (C=O) groups is 1. The molecule has 2 heterocycles. The van der Waals surface area contributed by atoms with Crippen LogP contribution in [0, 0.1) is 0 Å². The minimum absolute atomic E-state index is 0.00324. The number of carbonyl (C=O) groups excluding carboxylic acids is 1. The number of rotatable bonds is 0. The number of hydrogen-bond acceptors (Lipinski definition) is 3. The molecule has 0 saturated carbocycles. The van der Waals surface area contributed by atoms with Crippen LogP contribution in [0.2, 0.25) is 0 Å². The summed E-state index contributed by atoms with van der Waals surface area (Å²) in [5.41, 5.74) is -0.478. The Bertz CT molecular complexity index is 281. The van der Waals surface area contributed by atoms with Crippen molar-refractivity contribution in [3.63, 3.8) is 0 Å². The Labute approximate surface area is 90.8 Å². The van der Waals surface area contributed by atoms with Crippen LogP contribution in [0.3, 0.4) is 0 Å². The van der Waals surface area contributed by atoms with Crippen LogP contribution in [0.15, 0.2) is 0 Å². The van der Waals surface area contributed by atoms with E-state index in [4.69, 9.17) is 4.74 Å². The molecule has 0 radical (unpaired) electrons. The first-order valence-corrected chi connectivity index (χ1v) is 5.46. The number of ether oxygens (including phenoxy) is 1. The number of piperidine rings is 1. The van der Waals surface area contributed by atoms with Gasteiger partial charge in [0.15, 0.2) is 0 Å². The molecular formula is C11H20N2O2. The average molecular weight is 212 g/mol. The van der Waals surface area contributed by atoms with Gasteiger partial charge in [0, 0.05) is 23.9 Å². The minimum atomic E-state index is -0.449. The molecule has 0 bridgehead atoms. The molecule has 0 aliphatic carbocycles. The molecule has 0 atom stereocenters. The number of nitrogens with one attached hydrogen (secondary N) is 2. The zero-order chi connectivity index (χ0) is 11.3. The van der Waals surface area contributed by atoms with Gasteiger partial charge in [-0.3, -0.25) is 4.79 Å². The Morgan fingerprint density at radius 1 is 1.13 bits per heavy atom. The molecule has 2 saturated heterocycles. The van der Waals surface area contributed by atoms with E-state index in [1.807, 2.05) is 0 Å². The van der Waals surface area contributed by atoms with E-state index in [-0.39, 0.29) is 23.6 Å². The molecule has 2 aliphatic heterocycles. The van der Waals surface area contributed by atoms with E-state index >= 15 is 0 Å². The molecule has 86 valence electrons. The molecule has 0 aromatic heterocycles. The van der Waals surface area contributed by atoms with Crippen molar-refractivity contribution in [2.45, 2.75) is 57.3 Å². The Morgan fingerprint density at radius 3 is 2.07 bits per heavy atom. The standard InChI is InChI=1S/C11H20N2O2/c1-9(2)6-11(7-10(3,4)13-9)12-8(14)5-15-11/h13H,5-7H2,1-4H3,(H,12,14). The number of amides is 1. The predicted octanol–water partition coefficient (Wildman–Crippen LogP) is 0.770. The highest BCUT2D eigenvalue weighted by molar-refractivity contribution is 5.79. The lowest BCUT2D eigenvalue weighted by molar-refractivity contribution is -0.119. The van der Waals surface area contributed by atoms with E-state index in [0.717, 1.165) is 12.8 Å². The Balaban J connectivity index is 2.23. The van der Waals surface area contributed by atoms with Gasteiger partial charge < -0.3 is 15.4 Å². The van der Waals surface area contributed by atoms with Crippen LogP contribution in [-0.4, -0.2) is 29.3 Å². The summed E-state index contributed by atoms with van der Waals surface area (Å²) in [4.78, 5) is 11.3. The molecule has 2 N–H and O–H groups in total. The molecule has 15 heavy (non-hydrogen) atoms. The SMILES string of the molecule is CC1(C)CC2(CC(C)(C)N1)NC(=O)CO2. The van der Waals surface area contributed by atoms with Crippen LogP contribution in [0.4, 0.5) is 0 Å². The van der Waals surface area contributed by atoms with Gasteiger partial charge in [-0.25, -0.2) is 0 Å². The van der Waals surface area contributed by atoms with Gasteiger partial charge in [-0.1, -0.05) is 0 Å². The van der Waals surface area contributed by atoms with Gasteiger partial charge in [0.05, 0.1) is 0 Å². The first-order chi connectivity index (χ1) is 6.72. The van der Waals surface area contributed by atoms with Crippen molar-refractivity contribution in [1.82, 2.24) is 10.6 Å². The fourth-order valence-corrected chi connectivity index (χ4v) is 3.22. The summed E-state index contributed by atoms with van der Waals surface area (Å²) < 4.78 is 5.66. The number of hydrogen-bond donors (Lipinski definition) is 2. The lowest BCUT2D eigenvalue weighted by Crippen LogP contribution is -2.66. The smallest absolute Gasteiger partial charge is 0.248 e. The fraction of sp³-hybridized carbons (Fsp3) is 0.909. The largest absolute Gasteiger partial charge is 0.346 e. The molecule has 0 aromatic rings. The second kappa shape index (κ2) is 2.95. The minimum Gasteiger partial charge on any atom is -0.346 e. The molecule has 4 heteroatoms. The second-order valence-corrected chi connectivity index (χ2v) is 6.08. The fourth-order valence-electron chi connectivity index (χ4n) is 3.22. The highest BCUT2D eigenvalue weighted by Gasteiger charge is 2.51. The summed E-state index contributed by atoms with van der Waals surface area (Å²) >= 11 is 0. The first kappa shape index (κ1) is 10.9. The van der Waals surface area contributed by atoms with Gasteiger partial charge in [-0.05, 0) is 27.7 Å². The van der Waals surface area contributed by atoms with Crippen LogP contribution in [0.1, 0.15) is 40.5 Å². The van der Waals surface area contributed by atoms with Crippen LogP contribution in [-0.2, 0) is 9.53 Å². The van der Waals surface area contributed by atoms with Crippen LogP contribution >= 0.6 is 0 Å². The third-order valence-corrected chi connectivity index (χ3v) is 2.98. The molecule has 0 unspecified atom stereocenters. The molecule has 2 rings (SSSR count). The Kier molecular flexibility index (Phi) is 2.14. The van der Waals surface area contributed by atoms with E-state index < -0.39 is 5.72 Å². The third kappa shape index (κ3) is 2.16. The molecular weight excluding hydrogens is 192 g/mol. The van der Waals surface area contributed by atoms with E-state index in [9.17, 15) is 4.79 Å². The normalized spacial score (nSPS) is 31.6. The summed E-state index contributed by atoms with van der Waals surface area (Å²) in [6.45, 7) is 8.77. The lowest BCUT2D eigenvalue weighted by Gasteiger charge is -2.50. The molecule has 2 aliphatic rings. The van der Waals surface area contributed by atoms with E-state index in [1.165, 1.54) is 0 Å². The van der Waals surface area contributed by atoms with E-state index in [0.29, 0.717) is 0 Å². The summed E-state index contributed by atoms with van der Waals surface area (Å²) in [5, 5.41) is 6.55. The first-order valence-electron chi connectivity index (χ1n) is 5.46. The van der Waals surface area contributed by atoms with Crippen molar-refractivity contribution in [3.8, 4) is 0 Å². The van der Waals surface area contributed by atoms with Gasteiger partial charge in [0.25, 0.3) is 0 Å². The summed E-state index contributed by atoms with van der Waals surface area (Å²) in [6, 6.07) is 0.